The summed E-state index contributed by atoms with van der Waals surface area (Å²) in [6.07, 6.45) is 5.43. The molecule has 1 aromatic heterocycles. The molecule has 1 amide bonds. The summed E-state index contributed by atoms with van der Waals surface area (Å²) in [7, 11) is 3.49. The number of hydrogen-bond donors (Lipinski definition) is 2. The lowest BCUT2D eigenvalue weighted by molar-refractivity contribution is -0.127. The Labute approximate surface area is 208 Å². The number of nitrogens with one attached hydrogen (secondary N) is 2. The monoisotopic (exact) mass is 553 g/mol. The molecule has 2 heterocycles. The Kier molecular flexibility index (Phi) is 11.0. The minimum atomic E-state index is -0.0351. The third kappa shape index (κ3) is 7.81. The summed E-state index contributed by atoms with van der Waals surface area (Å²) in [5.41, 5.74) is 1.16. The number of furan rings is 1. The first-order valence-electron chi connectivity index (χ1n) is 11.1. The molecule has 1 fully saturated rings. The fourth-order valence-corrected chi connectivity index (χ4v) is 3.78. The van der Waals surface area contributed by atoms with Crippen molar-refractivity contribution in [1.29, 1.82) is 0 Å². The number of carbonyl (C=O) groups excluding carboxylic acids is 1. The molecule has 0 aliphatic carbocycles. The Morgan fingerprint density at radius 3 is 2.47 bits per heavy atom. The fourth-order valence-electron chi connectivity index (χ4n) is 3.78. The molecule has 8 heteroatoms. The van der Waals surface area contributed by atoms with Gasteiger partial charge in [0.25, 0.3) is 0 Å². The van der Waals surface area contributed by atoms with Crippen molar-refractivity contribution >= 4 is 35.8 Å². The molecule has 0 saturated carbocycles. The first kappa shape index (κ1) is 26.2. The predicted octanol–water partition coefficient (Wildman–Crippen LogP) is 3.81. The zero-order chi connectivity index (χ0) is 22.1. The van der Waals surface area contributed by atoms with E-state index in [0.717, 1.165) is 24.4 Å². The van der Waals surface area contributed by atoms with Crippen LogP contribution in [0, 0.1) is 0 Å². The van der Waals surface area contributed by atoms with Crippen LogP contribution in [0.3, 0.4) is 0 Å². The number of nitrogens with zero attached hydrogens (tertiary/aromatic N) is 3. The van der Waals surface area contributed by atoms with Gasteiger partial charge in [0.15, 0.2) is 5.96 Å². The smallest absolute Gasteiger partial charge is 0.243 e. The van der Waals surface area contributed by atoms with E-state index >= 15 is 0 Å². The van der Waals surface area contributed by atoms with Crippen molar-refractivity contribution in [2.45, 2.75) is 38.3 Å². The summed E-state index contributed by atoms with van der Waals surface area (Å²) in [5.74, 6) is 1.54. The second-order valence-corrected chi connectivity index (χ2v) is 8.24. The normalized spacial score (nSPS) is 16.5. The van der Waals surface area contributed by atoms with Gasteiger partial charge < -0.3 is 20.0 Å². The minimum Gasteiger partial charge on any atom is -0.468 e. The molecular formula is C24H36IN5O2. The van der Waals surface area contributed by atoms with E-state index in [2.05, 4.69) is 39.6 Å². The third-order valence-electron chi connectivity index (χ3n) is 5.69. The van der Waals surface area contributed by atoms with Crippen molar-refractivity contribution in [1.82, 2.24) is 20.4 Å². The number of aliphatic imine (C=N–C) groups is 1. The predicted molar refractivity (Wildman–Crippen MR) is 139 cm³/mol. The first-order chi connectivity index (χ1) is 15.0. The zero-order valence-electron chi connectivity index (χ0n) is 19.3. The number of hydrogen-bond acceptors (Lipinski definition) is 4. The molecule has 0 radical (unpaired) electrons. The number of likely N-dealkylation sites (N-methyl/N-ethyl adjacent to an activating group) is 1. The zero-order valence-corrected chi connectivity index (χ0v) is 21.6. The van der Waals surface area contributed by atoms with Gasteiger partial charge in [0.2, 0.25) is 5.91 Å². The highest BCUT2D eigenvalue weighted by Crippen LogP contribution is 2.24. The average Bonchev–Trinajstić information content (AvgIpc) is 3.33. The van der Waals surface area contributed by atoms with Crippen molar-refractivity contribution in [3.05, 3.63) is 60.1 Å². The SMILES string of the molecule is CC(NC(=NCC(=O)N(C)C)NCC(c1ccco1)N1CCCCC1)c1ccccc1.I. The van der Waals surface area contributed by atoms with Crippen LogP contribution in [-0.2, 0) is 4.79 Å². The van der Waals surface area contributed by atoms with E-state index in [1.54, 1.807) is 25.3 Å². The third-order valence-corrected chi connectivity index (χ3v) is 5.69. The van der Waals surface area contributed by atoms with Crippen LogP contribution in [0.2, 0.25) is 0 Å². The topological polar surface area (TPSA) is 73.1 Å². The molecule has 0 bridgehead atoms. The summed E-state index contributed by atoms with van der Waals surface area (Å²) in [6, 6.07) is 14.4. The van der Waals surface area contributed by atoms with Gasteiger partial charge in [-0.05, 0) is 50.6 Å². The molecule has 1 aliphatic rings. The number of amides is 1. The van der Waals surface area contributed by atoms with E-state index in [1.807, 2.05) is 30.3 Å². The molecule has 2 unspecified atom stereocenters. The van der Waals surface area contributed by atoms with Gasteiger partial charge in [-0.2, -0.15) is 0 Å². The molecule has 0 spiro atoms. The Morgan fingerprint density at radius 1 is 1.12 bits per heavy atom. The van der Waals surface area contributed by atoms with Crippen molar-refractivity contribution in [3.63, 3.8) is 0 Å². The van der Waals surface area contributed by atoms with E-state index in [-0.39, 0.29) is 48.5 Å². The lowest BCUT2D eigenvalue weighted by atomic mass is 10.1. The summed E-state index contributed by atoms with van der Waals surface area (Å²) in [5, 5.41) is 6.92. The van der Waals surface area contributed by atoms with Crippen molar-refractivity contribution in [2.24, 2.45) is 4.99 Å². The van der Waals surface area contributed by atoms with Gasteiger partial charge >= 0.3 is 0 Å². The molecular weight excluding hydrogens is 517 g/mol. The van der Waals surface area contributed by atoms with Crippen LogP contribution in [0.5, 0.6) is 0 Å². The molecule has 176 valence electrons. The molecule has 1 aliphatic heterocycles. The number of guanidine groups is 1. The van der Waals surface area contributed by atoms with Gasteiger partial charge in [0.05, 0.1) is 18.3 Å². The first-order valence-corrected chi connectivity index (χ1v) is 11.1. The van der Waals surface area contributed by atoms with Gasteiger partial charge in [-0.3, -0.25) is 9.69 Å². The molecule has 1 saturated heterocycles. The van der Waals surface area contributed by atoms with Crippen LogP contribution in [0.1, 0.15) is 49.6 Å². The van der Waals surface area contributed by atoms with Gasteiger partial charge in [-0.1, -0.05) is 36.8 Å². The number of rotatable bonds is 8. The van der Waals surface area contributed by atoms with Gasteiger partial charge in [0.1, 0.15) is 12.3 Å². The van der Waals surface area contributed by atoms with E-state index in [4.69, 9.17) is 4.42 Å². The van der Waals surface area contributed by atoms with Gasteiger partial charge in [-0.15, -0.1) is 24.0 Å². The second kappa shape index (κ2) is 13.5. The number of carbonyl (C=O) groups is 1. The van der Waals surface area contributed by atoms with Crippen molar-refractivity contribution < 1.29 is 9.21 Å². The highest BCUT2D eigenvalue weighted by Gasteiger charge is 2.25. The second-order valence-electron chi connectivity index (χ2n) is 8.24. The van der Waals surface area contributed by atoms with Gasteiger partial charge in [0, 0.05) is 20.6 Å². The number of halogens is 1. The summed E-state index contributed by atoms with van der Waals surface area (Å²) < 4.78 is 5.76. The Morgan fingerprint density at radius 2 is 1.84 bits per heavy atom. The number of likely N-dealkylation sites (tertiary alicyclic amines) is 1. The standard InChI is InChI=1S/C24H35N5O2.HI/c1-19(20-11-6-4-7-12-20)27-24(26-18-23(30)28(2)3)25-17-21(22-13-10-16-31-22)29-14-8-5-9-15-29;/h4,6-7,10-13,16,19,21H,5,8-9,14-15,17-18H2,1-3H3,(H2,25,26,27);1H. The number of benzene rings is 1. The average molecular weight is 553 g/mol. The van der Waals surface area contributed by atoms with E-state index in [0.29, 0.717) is 12.5 Å². The van der Waals surface area contributed by atoms with Crippen LogP contribution in [0.25, 0.3) is 0 Å². The lowest BCUT2D eigenvalue weighted by Crippen LogP contribution is -2.45. The van der Waals surface area contributed by atoms with Gasteiger partial charge in [-0.25, -0.2) is 4.99 Å². The maximum absolute atomic E-state index is 12.1. The van der Waals surface area contributed by atoms with Crippen LogP contribution in [-0.4, -0.2) is 61.9 Å². The molecule has 32 heavy (non-hydrogen) atoms. The lowest BCUT2D eigenvalue weighted by Gasteiger charge is -2.34. The Bertz CT molecular complexity index is 820. The van der Waals surface area contributed by atoms with E-state index < -0.39 is 0 Å². The Hall–Kier alpha value is -2.07. The number of piperidine rings is 1. The Balaban J connectivity index is 0.00000363. The van der Waals surface area contributed by atoms with E-state index in [1.165, 1.54) is 19.3 Å². The highest BCUT2D eigenvalue weighted by molar-refractivity contribution is 14.0. The summed E-state index contributed by atoms with van der Waals surface area (Å²) in [4.78, 5) is 20.7. The summed E-state index contributed by atoms with van der Waals surface area (Å²) >= 11 is 0. The molecule has 7 nitrogen and oxygen atoms in total. The van der Waals surface area contributed by atoms with E-state index in [9.17, 15) is 4.79 Å². The molecule has 3 rings (SSSR count). The largest absolute Gasteiger partial charge is 0.468 e. The quantitative estimate of drug-likeness (QED) is 0.296. The molecule has 1 aromatic carbocycles. The van der Waals surface area contributed by atoms with Crippen LogP contribution in [0.15, 0.2) is 58.1 Å². The highest BCUT2D eigenvalue weighted by atomic mass is 127. The summed E-state index contributed by atoms with van der Waals surface area (Å²) in [6.45, 7) is 4.96. The molecule has 2 N–H and O–H groups in total. The van der Waals surface area contributed by atoms with Crippen LogP contribution in [0.4, 0.5) is 0 Å². The van der Waals surface area contributed by atoms with Crippen molar-refractivity contribution in [3.8, 4) is 0 Å². The maximum Gasteiger partial charge on any atom is 0.243 e. The van der Waals surface area contributed by atoms with Crippen LogP contribution >= 0.6 is 24.0 Å². The van der Waals surface area contributed by atoms with Crippen LogP contribution < -0.4 is 10.6 Å². The molecule has 2 aromatic rings. The molecule has 2 atom stereocenters. The minimum absolute atomic E-state index is 0. The maximum atomic E-state index is 12.1. The fraction of sp³-hybridized carbons (Fsp3) is 0.500. The van der Waals surface area contributed by atoms with Crippen molar-refractivity contribution in [2.75, 3.05) is 40.3 Å².